The molecule has 7 heteroatoms. The van der Waals surface area contributed by atoms with Crippen molar-refractivity contribution in [1.29, 1.82) is 0 Å². The fourth-order valence-electron chi connectivity index (χ4n) is 2.87. The Labute approximate surface area is 132 Å². The van der Waals surface area contributed by atoms with E-state index in [-0.39, 0.29) is 23.2 Å². The molecule has 1 saturated heterocycles. The van der Waals surface area contributed by atoms with Crippen molar-refractivity contribution >= 4 is 22.4 Å². The Bertz CT molecular complexity index is 584. The first kappa shape index (κ1) is 18.4. The summed E-state index contributed by atoms with van der Waals surface area (Å²) >= 11 is 0. The van der Waals surface area contributed by atoms with E-state index >= 15 is 0 Å². The van der Waals surface area contributed by atoms with E-state index in [0.29, 0.717) is 30.8 Å². The van der Waals surface area contributed by atoms with Crippen molar-refractivity contribution in [2.24, 2.45) is 11.7 Å². The molecule has 120 valence electrons. The molecule has 1 aromatic carbocycles. The van der Waals surface area contributed by atoms with Crippen LogP contribution in [0.15, 0.2) is 17.0 Å². The molecule has 0 bridgehead atoms. The summed E-state index contributed by atoms with van der Waals surface area (Å²) in [5.41, 5.74) is 6.57. The van der Waals surface area contributed by atoms with Crippen LogP contribution >= 0.6 is 12.4 Å². The molecule has 1 heterocycles. The van der Waals surface area contributed by atoms with Gasteiger partial charge in [-0.15, -0.1) is 12.4 Å². The Kier molecular flexibility index (Phi) is 6.16. The van der Waals surface area contributed by atoms with Gasteiger partial charge < -0.3 is 5.73 Å². The molecule has 0 aliphatic carbocycles. The zero-order chi connectivity index (χ0) is 14.9. The van der Waals surface area contributed by atoms with Crippen LogP contribution in [0.3, 0.4) is 0 Å². The van der Waals surface area contributed by atoms with Crippen molar-refractivity contribution in [3.63, 3.8) is 0 Å². The maximum atomic E-state index is 13.3. The fourth-order valence-corrected chi connectivity index (χ4v) is 4.84. The number of hydrogen-bond donors (Lipinski definition) is 1. The first-order chi connectivity index (χ1) is 9.36. The van der Waals surface area contributed by atoms with Crippen molar-refractivity contribution in [2.45, 2.75) is 31.6 Å². The average molecular weight is 337 g/mol. The van der Waals surface area contributed by atoms with Crippen LogP contribution in [0, 0.1) is 25.6 Å². The summed E-state index contributed by atoms with van der Waals surface area (Å²) in [7, 11) is -3.57. The molecule has 0 aromatic heterocycles. The van der Waals surface area contributed by atoms with Crippen LogP contribution in [-0.2, 0) is 10.0 Å². The molecule has 1 fully saturated rings. The lowest BCUT2D eigenvalue weighted by molar-refractivity contribution is 0.271. The summed E-state index contributed by atoms with van der Waals surface area (Å²) in [6.45, 7) is 4.72. The third kappa shape index (κ3) is 3.74. The standard InChI is InChI=1S/C14H21FN2O2S.ClH/c1-10-6-13(15)7-11(2)14(10)20(18,19)17-5-3-4-12(8-16)9-17;/h6-7,12H,3-5,8-9,16H2,1-2H3;1H. The number of halogens is 2. The van der Waals surface area contributed by atoms with Crippen LogP contribution in [0.1, 0.15) is 24.0 Å². The fraction of sp³-hybridized carbons (Fsp3) is 0.571. The van der Waals surface area contributed by atoms with E-state index in [9.17, 15) is 12.8 Å². The molecule has 0 amide bonds. The van der Waals surface area contributed by atoms with Gasteiger partial charge in [0.2, 0.25) is 10.0 Å². The number of nitrogens with zero attached hydrogens (tertiary/aromatic N) is 1. The second-order valence-electron chi connectivity index (χ2n) is 5.48. The lowest BCUT2D eigenvalue weighted by atomic mass is 10.0. The quantitative estimate of drug-likeness (QED) is 0.920. The molecule has 21 heavy (non-hydrogen) atoms. The highest BCUT2D eigenvalue weighted by molar-refractivity contribution is 7.89. The van der Waals surface area contributed by atoms with Gasteiger partial charge >= 0.3 is 0 Å². The van der Waals surface area contributed by atoms with Crippen LogP contribution in [0.25, 0.3) is 0 Å². The molecule has 0 saturated carbocycles. The SMILES string of the molecule is Cc1cc(F)cc(C)c1S(=O)(=O)N1CCCC(CN)C1.Cl. The van der Waals surface area contributed by atoms with Crippen molar-refractivity contribution in [3.8, 4) is 0 Å². The molecule has 2 rings (SSSR count). The van der Waals surface area contributed by atoms with Gasteiger partial charge in [-0.25, -0.2) is 12.8 Å². The molecule has 1 aliphatic heterocycles. The minimum absolute atomic E-state index is 0. The highest BCUT2D eigenvalue weighted by Gasteiger charge is 2.31. The maximum absolute atomic E-state index is 13.3. The summed E-state index contributed by atoms with van der Waals surface area (Å²) in [6.07, 6.45) is 1.78. The summed E-state index contributed by atoms with van der Waals surface area (Å²) in [6, 6.07) is 2.54. The predicted molar refractivity (Wildman–Crippen MR) is 83.7 cm³/mol. The molecular weight excluding hydrogens is 315 g/mol. The van der Waals surface area contributed by atoms with E-state index in [1.807, 2.05) is 0 Å². The Morgan fingerprint density at radius 1 is 1.33 bits per heavy atom. The van der Waals surface area contributed by atoms with E-state index in [0.717, 1.165) is 12.8 Å². The summed E-state index contributed by atoms with van der Waals surface area (Å²) < 4.78 is 40.3. The van der Waals surface area contributed by atoms with Gasteiger partial charge in [-0.05, 0) is 62.4 Å². The highest BCUT2D eigenvalue weighted by Crippen LogP contribution is 2.28. The molecule has 0 spiro atoms. The third-order valence-corrected chi connectivity index (χ3v) is 6.01. The molecule has 1 aliphatic rings. The van der Waals surface area contributed by atoms with E-state index in [1.165, 1.54) is 16.4 Å². The third-order valence-electron chi connectivity index (χ3n) is 3.84. The Morgan fingerprint density at radius 2 is 1.90 bits per heavy atom. The number of piperidine rings is 1. The molecule has 0 radical (unpaired) electrons. The van der Waals surface area contributed by atoms with Gasteiger partial charge in [0, 0.05) is 13.1 Å². The number of sulfonamides is 1. The first-order valence-corrected chi connectivity index (χ1v) is 8.27. The normalized spacial score (nSPS) is 20.1. The number of aryl methyl sites for hydroxylation is 2. The molecule has 1 aromatic rings. The van der Waals surface area contributed by atoms with Gasteiger partial charge in [-0.2, -0.15) is 4.31 Å². The average Bonchev–Trinajstić information content (AvgIpc) is 2.37. The Hall–Kier alpha value is -0.690. The van der Waals surface area contributed by atoms with Crippen LogP contribution in [0.2, 0.25) is 0 Å². The minimum Gasteiger partial charge on any atom is -0.330 e. The monoisotopic (exact) mass is 336 g/mol. The molecule has 1 unspecified atom stereocenters. The van der Waals surface area contributed by atoms with Gasteiger partial charge in [0.1, 0.15) is 5.82 Å². The van der Waals surface area contributed by atoms with Crippen LogP contribution < -0.4 is 5.73 Å². The zero-order valence-corrected chi connectivity index (χ0v) is 13.9. The highest BCUT2D eigenvalue weighted by atomic mass is 35.5. The van der Waals surface area contributed by atoms with E-state index in [2.05, 4.69) is 0 Å². The van der Waals surface area contributed by atoms with Gasteiger partial charge in [0.05, 0.1) is 4.90 Å². The van der Waals surface area contributed by atoms with Crippen molar-refractivity contribution in [1.82, 2.24) is 4.31 Å². The van der Waals surface area contributed by atoms with Crippen LogP contribution in [0.4, 0.5) is 4.39 Å². The van der Waals surface area contributed by atoms with Gasteiger partial charge in [-0.3, -0.25) is 0 Å². The van der Waals surface area contributed by atoms with Crippen molar-refractivity contribution < 1.29 is 12.8 Å². The maximum Gasteiger partial charge on any atom is 0.243 e. The minimum atomic E-state index is -3.57. The molecular formula is C14H22ClFN2O2S. The summed E-state index contributed by atoms with van der Waals surface area (Å²) in [4.78, 5) is 0.233. The molecule has 2 N–H and O–H groups in total. The second-order valence-corrected chi connectivity index (χ2v) is 7.35. The number of nitrogens with two attached hydrogens (primary N) is 1. The number of rotatable bonds is 3. The summed E-state index contributed by atoms with van der Waals surface area (Å²) in [5, 5.41) is 0. The van der Waals surface area contributed by atoms with E-state index < -0.39 is 15.8 Å². The van der Waals surface area contributed by atoms with Crippen molar-refractivity contribution in [3.05, 3.63) is 29.1 Å². The van der Waals surface area contributed by atoms with Crippen molar-refractivity contribution in [2.75, 3.05) is 19.6 Å². The zero-order valence-electron chi connectivity index (χ0n) is 12.3. The van der Waals surface area contributed by atoms with E-state index in [1.54, 1.807) is 13.8 Å². The molecule has 4 nitrogen and oxygen atoms in total. The Balaban J connectivity index is 0.00000220. The number of benzene rings is 1. The second kappa shape index (κ2) is 7.05. The predicted octanol–water partition coefficient (Wildman–Crippen LogP) is 2.22. The lowest BCUT2D eigenvalue weighted by Crippen LogP contribution is -2.42. The Morgan fingerprint density at radius 3 is 2.43 bits per heavy atom. The van der Waals surface area contributed by atoms with Gasteiger partial charge in [0.25, 0.3) is 0 Å². The van der Waals surface area contributed by atoms with E-state index in [4.69, 9.17) is 5.73 Å². The molecule has 1 atom stereocenters. The van der Waals surface area contributed by atoms with Crippen LogP contribution in [-0.4, -0.2) is 32.4 Å². The lowest BCUT2D eigenvalue weighted by Gasteiger charge is -2.32. The van der Waals surface area contributed by atoms with Gasteiger partial charge in [-0.1, -0.05) is 0 Å². The topological polar surface area (TPSA) is 63.4 Å². The first-order valence-electron chi connectivity index (χ1n) is 6.83. The van der Waals surface area contributed by atoms with Crippen LogP contribution in [0.5, 0.6) is 0 Å². The smallest absolute Gasteiger partial charge is 0.243 e. The summed E-state index contributed by atoms with van der Waals surface area (Å²) in [5.74, 6) is -0.197. The van der Waals surface area contributed by atoms with Gasteiger partial charge in [0.15, 0.2) is 0 Å². The largest absolute Gasteiger partial charge is 0.330 e. The number of hydrogen-bond acceptors (Lipinski definition) is 3.